The summed E-state index contributed by atoms with van der Waals surface area (Å²) in [7, 11) is 0. The molecule has 4 nitrogen and oxygen atoms in total. The van der Waals surface area contributed by atoms with E-state index in [0.29, 0.717) is 11.3 Å². The highest BCUT2D eigenvalue weighted by Gasteiger charge is 2.17. The molecule has 0 radical (unpaired) electrons. The maximum atomic E-state index is 11.3. The van der Waals surface area contributed by atoms with Crippen LogP contribution in [-0.2, 0) is 0 Å². The van der Waals surface area contributed by atoms with Gasteiger partial charge in [0, 0.05) is 16.2 Å². The van der Waals surface area contributed by atoms with Crippen molar-refractivity contribution in [2.75, 3.05) is 0 Å². The maximum absolute atomic E-state index is 11.3. The lowest BCUT2D eigenvalue weighted by atomic mass is 10.1. The van der Waals surface area contributed by atoms with E-state index in [1.807, 2.05) is 43.5 Å². The van der Waals surface area contributed by atoms with Gasteiger partial charge in [0.05, 0.1) is 5.52 Å². The molecule has 0 saturated carbocycles. The van der Waals surface area contributed by atoms with E-state index in [1.165, 1.54) is 0 Å². The molecule has 3 rings (SSSR count). The first-order valence-corrected chi connectivity index (χ1v) is 6.83. The third kappa shape index (κ3) is 2.10. The fourth-order valence-corrected chi connectivity index (χ4v) is 2.54. The first-order chi connectivity index (χ1) is 9.56. The van der Waals surface area contributed by atoms with Crippen LogP contribution in [0.25, 0.3) is 16.9 Å². The molecular formula is C15H11BrN2O2. The fourth-order valence-electron chi connectivity index (χ4n) is 2.21. The minimum atomic E-state index is -1.02. The molecule has 100 valence electrons. The molecule has 0 saturated heterocycles. The Morgan fingerprint density at radius 1 is 1.30 bits per heavy atom. The zero-order chi connectivity index (χ0) is 14.3. The summed E-state index contributed by atoms with van der Waals surface area (Å²) < 4.78 is 2.66. The van der Waals surface area contributed by atoms with Gasteiger partial charge in [0.1, 0.15) is 5.82 Å². The molecule has 20 heavy (non-hydrogen) atoms. The second-order valence-corrected chi connectivity index (χ2v) is 5.48. The molecule has 0 unspecified atom stereocenters. The van der Waals surface area contributed by atoms with Crippen molar-refractivity contribution in [3.05, 3.63) is 58.3 Å². The van der Waals surface area contributed by atoms with Crippen LogP contribution in [0.4, 0.5) is 0 Å². The Kier molecular flexibility index (Phi) is 3.06. The molecule has 0 aliphatic carbocycles. The number of aryl methyl sites for hydroxylation is 1. The molecule has 0 spiro atoms. The third-order valence-corrected chi connectivity index (χ3v) is 3.55. The number of nitrogens with zero attached hydrogens (tertiary/aromatic N) is 2. The number of aromatic nitrogens is 2. The zero-order valence-corrected chi connectivity index (χ0v) is 12.3. The van der Waals surface area contributed by atoms with Crippen LogP contribution >= 0.6 is 15.9 Å². The molecule has 1 N–H and O–H groups in total. The molecule has 0 fully saturated rings. The molecule has 1 aromatic carbocycles. The molecule has 0 aliphatic heterocycles. The van der Waals surface area contributed by atoms with E-state index < -0.39 is 5.97 Å². The monoisotopic (exact) mass is 330 g/mol. The zero-order valence-electron chi connectivity index (χ0n) is 10.7. The van der Waals surface area contributed by atoms with Gasteiger partial charge in [-0.25, -0.2) is 9.78 Å². The summed E-state index contributed by atoms with van der Waals surface area (Å²) in [6.45, 7) is 1.99. The number of carbonyl (C=O) groups is 1. The van der Waals surface area contributed by atoms with Gasteiger partial charge in [0.15, 0.2) is 5.69 Å². The molecule has 2 aromatic heterocycles. The summed E-state index contributed by atoms with van der Waals surface area (Å²) in [5, 5.41) is 9.28. The van der Waals surface area contributed by atoms with E-state index in [-0.39, 0.29) is 5.69 Å². The van der Waals surface area contributed by atoms with Crippen molar-refractivity contribution >= 4 is 27.4 Å². The van der Waals surface area contributed by atoms with Crippen molar-refractivity contribution in [2.24, 2.45) is 0 Å². The number of rotatable bonds is 2. The SMILES string of the molecule is Cc1cccc(-c2nc(C(=O)O)c3ccc(Br)cn23)c1. The van der Waals surface area contributed by atoms with Gasteiger partial charge in [0.25, 0.3) is 0 Å². The highest BCUT2D eigenvalue weighted by atomic mass is 79.9. The van der Waals surface area contributed by atoms with Crippen LogP contribution in [0, 0.1) is 6.92 Å². The van der Waals surface area contributed by atoms with Crippen LogP contribution in [0.3, 0.4) is 0 Å². The standard InChI is InChI=1S/C15H11BrN2O2/c1-9-3-2-4-10(7-9)14-17-13(15(19)20)12-6-5-11(16)8-18(12)14/h2-8H,1H3,(H,19,20). The minimum absolute atomic E-state index is 0.0639. The second kappa shape index (κ2) is 4.76. The summed E-state index contributed by atoms with van der Waals surface area (Å²) >= 11 is 3.40. The Bertz CT molecular complexity index is 824. The molecule has 3 aromatic rings. The van der Waals surface area contributed by atoms with Crippen LogP contribution < -0.4 is 0 Å². The average Bonchev–Trinajstić information content (AvgIpc) is 2.77. The quantitative estimate of drug-likeness (QED) is 0.778. The number of fused-ring (bicyclic) bond motifs is 1. The second-order valence-electron chi connectivity index (χ2n) is 4.56. The van der Waals surface area contributed by atoms with E-state index in [9.17, 15) is 9.90 Å². The first-order valence-electron chi connectivity index (χ1n) is 6.04. The van der Waals surface area contributed by atoms with Gasteiger partial charge in [-0.05, 0) is 41.1 Å². The van der Waals surface area contributed by atoms with Crippen molar-refractivity contribution in [3.8, 4) is 11.4 Å². The first kappa shape index (κ1) is 12.9. The number of hydrogen-bond donors (Lipinski definition) is 1. The predicted octanol–water partition coefficient (Wildman–Crippen LogP) is 3.77. The molecular weight excluding hydrogens is 320 g/mol. The molecule has 5 heteroatoms. The van der Waals surface area contributed by atoms with Crippen molar-refractivity contribution in [1.82, 2.24) is 9.38 Å². The van der Waals surface area contributed by atoms with Crippen LogP contribution in [0.15, 0.2) is 47.1 Å². The van der Waals surface area contributed by atoms with Crippen molar-refractivity contribution in [3.63, 3.8) is 0 Å². The Morgan fingerprint density at radius 2 is 2.10 bits per heavy atom. The smallest absolute Gasteiger partial charge is 0.356 e. The van der Waals surface area contributed by atoms with E-state index in [0.717, 1.165) is 15.6 Å². The van der Waals surface area contributed by atoms with Gasteiger partial charge >= 0.3 is 5.97 Å². The van der Waals surface area contributed by atoms with Crippen LogP contribution in [0.1, 0.15) is 16.1 Å². The van der Waals surface area contributed by atoms with Crippen molar-refractivity contribution in [2.45, 2.75) is 6.92 Å². The highest BCUT2D eigenvalue weighted by Crippen LogP contribution is 2.25. The number of carboxylic acid groups (broad SMARTS) is 1. The number of hydrogen-bond acceptors (Lipinski definition) is 2. The summed E-state index contributed by atoms with van der Waals surface area (Å²) in [6.07, 6.45) is 1.83. The number of pyridine rings is 1. The summed E-state index contributed by atoms with van der Waals surface area (Å²) in [6, 6.07) is 11.4. The average molecular weight is 331 g/mol. The topological polar surface area (TPSA) is 54.6 Å². The van der Waals surface area contributed by atoms with Crippen LogP contribution in [0.2, 0.25) is 0 Å². The van der Waals surface area contributed by atoms with E-state index >= 15 is 0 Å². The van der Waals surface area contributed by atoms with E-state index in [1.54, 1.807) is 10.5 Å². The summed E-state index contributed by atoms with van der Waals surface area (Å²) in [5.74, 6) is -0.397. The van der Waals surface area contributed by atoms with Gasteiger partial charge < -0.3 is 5.11 Å². The molecule has 0 amide bonds. The normalized spacial score (nSPS) is 10.9. The summed E-state index contributed by atoms with van der Waals surface area (Å²) in [5.41, 5.74) is 2.64. The molecule has 2 heterocycles. The lowest BCUT2D eigenvalue weighted by Crippen LogP contribution is -1.97. The van der Waals surface area contributed by atoms with Gasteiger partial charge in [0.2, 0.25) is 0 Å². The summed E-state index contributed by atoms with van der Waals surface area (Å²) in [4.78, 5) is 15.6. The van der Waals surface area contributed by atoms with Crippen molar-refractivity contribution in [1.29, 1.82) is 0 Å². The number of aromatic carboxylic acids is 1. The highest BCUT2D eigenvalue weighted by molar-refractivity contribution is 9.10. The van der Waals surface area contributed by atoms with E-state index in [4.69, 9.17) is 0 Å². The van der Waals surface area contributed by atoms with Gasteiger partial charge in [-0.15, -0.1) is 0 Å². The van der Waals surface area contributed by atoms with Crippen LogP contribution in [-0.4, -0.2) is 20.5 Å². The third-order valence-electron chi connectivity index (χ3n) is 3.08. The molecule has 0 atom stereocenters. The van der Waals surface area contributed by atoms with Crippen LogP contribution in [0.5, 0.6) is 0 Å². The number of imidazole rings is 1. The van der Waals surface area contributed by atoms with Gasteiger partial charge in [-0.3, -0.25) is 4.40 Å². The Hall–Kier alpha value is -2.14. The number of halogens is 1. The minimum Gasteiger partial charge on any atom is -0.476 e. The predicted molar refractivity (Wildman–Crippen MR) is 80.0 cm³/mol. The molecule has 0 aliphatic rings. The van der Waals surface area contributed by atoms with Gasteiger partial charge in [-0.1, -0.05) is 23.8 Å². The van der Waals surface area contributed by atoms with E-state index in [2.05, 4.69) is 20.9 Å². The lowest BCUT2D eigenvalue weighted by molar-refractivity contribution is 0.0693. The van der Waals surface area contributed by atoms with Crippen molar-refractivity contribution < 1.29 is 9.90 Å². The molecule has 0 bridgehead atoms. The number of carboxylic acids is 1. The Balaban J connectivity index is 2.35. The fraction of sp³-hybridized carbons (Fsp3) is 0.0667. The lowest BCUT2D eigenvalue weighted by Gasteiger charge is -2.03. The Morgan fingerprint density at radius 3 is 2.80 bits per heavy atom. The Labute approximate surface area is 123 Å². The van der Waals surface area contributed by atoms with Gasteiger partial charge in [-0.2, -0.15) is 0 Å². The maximum Gasteiger partial charge on any atom is 0.356 e. The largest absolute Gasteiger partial charge is 0.476 e. The number of benzene rings is 1.